The normalized spacial score (nSPS) is 14.8. The Hall–Kier alpha value is -2.72. The zero-order valence-electron chi connectivity index (χ0n) is 17.1. The summed E-state index contributed by atoms with van der Waals surface area (Å²) in [5, 5.41) is 12.4. The Morgan fingerprint density at radius 1 is 1.10 bits per heavy atom. The van der Waals surface area contributed by atoms with E-state index >= 15 is 0 Å². The van der Waals surface area contributed by atoms with Gasteiger partial charge in [-0.2, -0.15) is 5.26 Å². The lowest BCUT2D eigenvalue weighted by molar-refractivity contribution is -0.130. The van der Waals surface area contributed by atoms with E-state index in [1.54, 1.807) is 0 Å². The topological polar surface area (TPSA) is 60.2 Å². The van der Waals surface area contributed by atoms with Crippen LogP contribution in [0.2, 0.25) is 5.02 Å². The quantitative estimate of drug-likeness (QED) is 0.569. The highest BCUT2D eigenvalue weighted by Gasteiger charge is 2.20. The first-order chi connectivity index (χ1) is 15.1. The molecule has 0 spiro atoms. The van der Waals surface area contributed by atoms with Crippen LogP contribution in [0.25, 0.3) is 10.6 Å². The molecule has 2 aromatic carbocycles. The second-order valence-electron chi connectivity index (χ2n) is 7.62. The fourth-order valence-corrected chi connectivity index (χ4v) is 4.87. The number of halogens is 1. The molecule has 31 heavy (non-hydrogen) atoms. The van der Waals surface area contributed by atoms with Crippen LogP contribution >= 0.6 is 22.9 Å². The molecule has 0 unspecified atom stereocenters. The third-order valence-electron chi connectivity index (χ3n) is 5.42. The van der Waals surface area contributed by atoms with Crippen molar-refractivity contribution in [1.82, 2.24) is 14.8 Å². The van der Waals surface area contributed by atoms with Gasteiger partial charge in [0.1, 0.15) is 5.01 Å². The van der Waals surface area contributed by atoms with E-state index in [-0.39, 0.29) is 5.91 Å². The Labute approximate surface area is 191 Å². The molecule has 0 aliphatic carbocycles. The first-order valence-electron chi connectivity index (χ1n) is 10.3. The molecule has 0 saturated carbocycles. The summed E-state index contributed by atoms with van der Waals surface area (Å²) in [7, 11) is 0. The number of hydrogen-bond donors (Lipinski definition) is 0. The summed E-state index contributed by atoms with van der Waals surface area (Å²) in [6, 6.07) is 17.5. The first kappa shape index (κ1) is 21.5. The molecule has 1 amide bonds. The molecule has 1 aliphatic rings. The lowest BCUT2D eigenvalue weighted by atomic mass is 10.1. The molecule has 3 aromatic rings. The van der Waals surface area contributed by atoms with E-state index < -0.39 is 0 Å². The minimum Gasteiger partial charge on any atom is -0.341 e. The number of amides is 1. The minimum atomic E-state index is 0.122. The zero-order chi connectivity index (χ0) is 21.6. The van der Waals surface area contributed by atoms with Gasteiger partial charge in [0.05, 0.1) is 28.8 Å². The molecule has 0 atom stereocenters. The third kappa shape index (κ3) is 5.50. The second kappa shape index (κ2) is 10.1. The molecule has 1 saturated heterocycles. The van der Waals surface area contributed by atoms with E-state index in [9.17, 15) is 4.79 Å². The van der Waals surface area contributed by atoms with Crippen molar-refractivity contribution in [2.75, 3.05) is 26.2 Å². The van der Waals surface area contributed by atoms with Crippen LogP contribution in [0.1, 0.15) is 23.2 Å². The molecule has 5 nitrogen and oxygen atoms in total. The molecule has 7 heteroatoms. The van der Waals surface area contributed by atoms with Crippen LogP contribution in [0.3, 0.4) is 0 Å². The highest BCUT2D eigenvalue weighted by molar-refractivity contribution is 7.13. The van der Waals surface area contributed by atoms with Crippen molar-refractivity contribution >= 4 is 28.8 Å². The third-order valence-corrected chi connectivity index (χ3v) is 6.67. The molecule has 1 fully saturated rings. The van der Waals surface area contributed by atoms with Gasteiger partial charge in [0.15, 0.2) is 0 Å². The van der Waals surface area contributed by atoms with Crippen LogP contribution in [0.4, 0.5) is 0 Å². The van der Waals surface area contributed by atoms with Crippen molar-refractivity contribution in [3.8, 4) is 16.6 Å². The Balaban J connectivity index is 1.32. The van der Waals surface area contributed by atoms with Gasteiger partial charge in [0, 0.05) is 43.7 Å². The van der Waals surface area contributed by atoms with Crippen molar-refractivity contribution in [2.45, 2.75) is 19.4 Å². The lowest BCUT2D eigenvalue weighted by Crippen LogP contribution is -2.36. The van der Waals surface area contributed by atoms with Gasteiger partial charge in [-0.15, -0.1) is 11.3 Å². The van der Waals surface area contributed by atoms with E-state index in [4.69, 9.17) is 16.9 Å². The van der Waals surface area contributed by atoms with Crippen LogP contribution in [0.5, 0.6) is 0 Å². The molecule has 4 rings (SSSR count). The molecular weight excluding hydrogens is 428 g/mol. The number of benzene rings is 2. The standard InChI is InChI=1S/C24H23ClN4OS/c25-22-5-2-1-4-21(22)24-27-20(17-31-24)14-23(30)29-11-3-10-28(12-13-29)16-19-8-6-18(15-26)7-9-19/h1-2,4-9,17H,3,10-14,16H2. The minimum absolute atomic E-state index is 0.122. The summed E-state index contributed by atoms with van der Waals surface area (Å²) in [4.78, 5) is 21.8. The zero-order valence-corrected chi connectivity index (χ0v) is 18.7. The first-order valence-corrected chi connectivity index (χ1v) is 11.6. The fraction of sp³-hybridized carbons (Fsp3) is 0.292. The molecular formula is C24H23ClN4OS. The Kier molecular flexibility index (Phi) is 6.98. The predicted octanol–water partition coefficient (Wildman–Crippen LogP) is 4.61. The van der Waals surface area contributed by atoms with Crippen LogP contribution < -0.4 is 0 Å². The van der Waals surface area contributed by atoms with Gasteiger partial charge in [0.25, 0.3) is 0 Å². The van der Waals surface area contributed by atoms with E-state index in [1.807, 2.05) is 58.8 Å². The average molecular weight is 451 g/mol. The predicted molar refractivity (Wildman–Crippen MR) is 124 cm³/mol. The summed E-state index contributed by atoms with van der Waals surface area (Å²) in [5.41, 5.74) is 3.56. The van der Waals surface area contributed by atoms with Crippen molar-refractivity contribution in [1.29, 1.82) is 5.26 Å². The average Bonchev–Trinajstić information content (AvgIpc) is 3.11. The lowest BCUT2D eigenvalue weighted by Gasteiger charge is -2.22. The summed E-state index contributed by atoms with van der Waals surface area (Å²) >= 11 is 7.79. The second-order valence-corrected chi connectivity index (χ2v) is 8.89. The van der Waals surface area contributed by atoms with Crippen LogP contribution in [-0.2, 0) is 17.8 Å². The maximum Gasteiger partial charge on any atom is 0.228 e. The van der Waals surface area contributed by atoms with Crippen molar-refractivity contribution in [3.05, 3.63) is 75.8 Å². The monoisotopic (exact) mass is 450 g/mol. The summed E-state index contributed by atoms with van der Waals surface area (Å²) in [5.74, 6) is 0.122. The van der Waals surface area contributed by atoms with Crippen molar-refractivity contribution in [3.63, 3.8) is 0 Å². The molecule has 0 bridgehead atoms. The number of aromatic nitrogens is 1. The maximum atomic E-state index is 12.9. The van der Waals surface area contributed by atoms with Gasteiger partial charge >= 0.3 is 0 Å². The van der Waals surface area contributed by atoms with E-state index in [2.05, 4.69) is 16.0 Å². The van der Waals surface area contributed by atoms with Gasteiger partial charge < -0.3 is 4.90 Å². The molecule has 158 valence electrons. The highest BCUT2D eigenvalue weighted by Crippen LogP contribution is 2.30. The fourth-order valence-electron chi connectivity index (χ4n) is 3.73. The Bertz CT molecular complexity index is 1090. The van der Waals surface area contributed by atoms with Crippen LogP contribution in [0, 0.1) is 11.3 Å². The van der Waals surface area contributed by atoms with Gasteiger partial charge in [-0.25, -0.2) is 4.98 Å². The van der Waals surface area contributed by atoms with Gasteiger partial charge in [-0.05, 0) is 30.2 Å². The number of thiazole rings is 1. The van der Waals surface area contributed by atoms with Gasteiger partial charge in [-0.1, -0.05) is 41.9 Å². The molecule has 2 heterocycles. The van der Waals surface area contributed by atoms with Crippen LogP contribution in [-0.4, -0.2) is 46.9 Å². The maximum absolute atomic E-state index is 12.9. The molecule has 1 aliphatic heterocycles. The molecule has 0 N–H and O–H groups in total. The molecule has 0 radical (unpaired) electrons. The summed E-state index contributed by atoms with van der Waals surface area (Å²) in [6.45, 7) is 4.12. The Morgan fingerprint density at radius 3 is 2.68 bits per heavy atom. The number of carbonyl (C=O) groups excluding carboxylic acids is 1. The van der Waals surface area contributed by atoms with E-state index in [1.165, 1.54) is 16.9 Å². The van der Waals surface area contributed by atoms with Crippen molar-refractivity contribution in [2.24, 2.45) is 0 Å². The summed E-state index contributed by atoms with van der Waals surface area (Å²) < 4.78 is 0. The van der Waals surface area contributed by atoms with E-state index in [0.29, 0.717) is 17.0 Å². The van der Waals surface area contributed by atoms with Crippen LogP contribution in [0.15, 0.2) is 53.9 Å². The molecule has 1 aromatic heterocycles. The van der Waals surface area contributed by atoms with Gasteiger partial charge in [-0.3, -0.25) is 9.69 Å². The number of carbonyl (C=O) groups is 1. The van der Waals surface area contributed by atoms with Gasteiger partial charge in [0.2, 0.25) is 5.91 Å². The SMILES string of the molecule is N#Cc1ccc(CN2CCCN(C(=O)Cc3csc(-c4ccccc4Cl)n3)CC2)cc1. The smallest absolute Gasteiger partial charge is 0.228 e. The number of hydrogen-bond acceptors (Lipinski definition) is 5. The highest BCUT2D eigenvalue weighted by atomic mass is 35.5. The largest absolute Gasteiger partial charge is 0.341 e. The van der Waals surface area contributed by atoms with E-state index in [0.717, 1.165) is 55.4 Å². The number of nitriles is 1. The number of nitrogens with zero attached hydrogens (tertiary/aromatic N) is 4. The summed E-state index contributed by atoms with van der Waals surface area (Å²) in [6.07, 6.45) is 1.26. The van der Waals surface area contributed by atoms with Crippen molar-refractivity contribution < 1.29 is 4.79 Å². The Morgan fingerprint density at radius 2 is 1.90 bits per heavy atom. The number of rotatable bonds is 5.